The fourth-order valence-corrected chi connectivity index (χ4v) is 2.25. The molecule has 5 heteroatoms. The first-order valence-electron chi connectivity index (χ1n) is 6.11. The highest BCUT2D eigenvalue weighted by molar-refractivity contribution is 9.10. The Morgan fingerprint density at radius 2 is 2.00 bits per heavy atom. The number of carbonyl (C=O) groups excluding carboxylic acids is 1. The van der Waals surface area contributed by atoms with E-state index in [-0.39, 0.29) is 0 Å². The number of nitrogens with two attached hydrogens (primary N) is 1. The van der Waals surface area contributed by atoms with Gasteiger partial charge in [-0.2, -0.15) is 0 Å². The van der Waals surface area contributed by atoms with Gasteiger partial charge < -0.3 is 15.8 Å². The second kappa shape index (κ2) is 6.54. The van der Waals surface area contributed by atoms with E-state index in [2.05, 4.69) is 21.2 Å². The maximum absolute atomic E-state index is 11.1. The number of hydrogen-bond donors (Lipinski definition) is 2. The quantitative estimate of drug-likeness (QED) is 0.883. The van der Waals surface area contributed by atoms with E-state index in [1.165, 1.54) is 0 Å². The lowest BCUT2D eigenvalue weighted by Gasteiger charge is -2.12. The third-order valence-electron chi connectivity index (χ3n) is 2.78. The van der Waals surface area contributed by atoms with Crippen molar-refractivity contribution in [2.75, 3.05) is 7.05 Å². The van der Waals surface area contributed by atoms with Crippen LogP contribution in [0.5, 0.6) is 11.5 Å². The van der Waals surface area contributed by atoms with Crippen LogP contribution in [-0.4, -0.2) is 13.0 Å². The van der Waals surface area contributed by atoms with Crippen molar-refractivity contribution in [1.29, 1.82) is 0 Å². The summed E-state index contributed by atoms with van der Waals surface area (Å²) >= 11 is 3.39. The molecule has 20 heavy (non-hydrogen) atoms. The molecule has 4 nitrogen and oxygen atoms in total. The Labute approximate surface area is 126 Å². The van der Waals surface area contributed by atoms with Crippen LogP contribution in [0, 0.1) is 0 Å². The van der Waals surface area contributed by atoms with E-state index in [9.17, 15) is 4.79 Å². The monoisotopic (exact) mass is 334 g/mol. The molecule has 0 aromatic heterocycles. The Hall–Kier alpha value is -1.85. The van der Waals surface area contributed by atoms with Gasteiger partial charge in [-0.1, -0.05) is 18.2 Å². The van der Waals surface area contributed by atoms with Crippen molar-refractivity contribution in [3.05, 3.63) is 58.1 Å². The first-order chi connectivity index (χ1) is 9.61. The SMILES string of the molecule is CNCc1ccccc1Oc1ccc(C(N)=O)cc1Br. The second-order valence-electron chi connectivity index (χ2n) is 4.25. The summed E-state index contributed by atoms with van der Waals surface area (Å²) in [7, 11) is 1.88. The molecule has 0 aliphatic rings. The molecule has 104 valence electrons. The number of benzene rings is 2. The highest BCUT2D eigenvalue weighted by Gasteiger charge is 2.09. The maximum atomic E-state index is 11.1. The number of ether oxygens (including phenoxy) is 1. The third kappa shape index (κ3) is 3.37. The fraction of sp³-hybridized carbons (Fsp3) is 0.133. The molecule has 2 aromatic carbocycles. The summed E-state index contributed by atoms with van der Waals surface area (Å²) in [5.74, 6) is 0.945. The molecule has 3 N–H and O–H groups in total. The zero-order valence-electron chi connectivity index (χ0n) is 11.0. The van der Waals surface area contributed by atoms with Crippen molar-refractivity contribution >= 4 is 21.8 Å². The predicted molar refractivity (Wildman–Crippen MR) is 81.9 cm³/mol. The van der Waals surface area contributed by atoms with Gasteiger partial charge in [-0.05, 0) is 47.2 Å². The molecule has 0 aliphatic heterocycles. The van der Waals surface area contributed by atoms with E-state index in [0.29, 0.717) is 22.3 Å². The summed E-state index contributed by atoms with van der Waals surface area (Å²) in [5, 5.41) is 3.10. The lowest BCUT2D eigenvalue weighted by atomic mass is 10.2. The first-order valence-corrected chi connectivity index (χ1v) is 6.91. The minimum Gasteiger partial charge on any atom is -0.456 e. The van der Waals surface area contributed by atoms with E-state index in [4.69, 9.17) is 10.5 Å². The smallest absolute Gasteiger partial charge is 0.248 e. The van der Waals surface area contributed by atoms with E-state index < -0.39 is 5.91 Å². The third-order valence-corrected chi connectivity index (χ3v) is 3.40. The normalized spacial score (nSPS) is 10.3. The van der Waals surface area contributed by atoms with Crippen molar-refractivity contribution < 1.29 is 9.53 Å². The van der Waals surface area contributed by atoms with Gasteiger partial charge >= 0.3 is 0 Å². The van der Waals surface area contributed by atoms with E-state index in [0.717, 1.165) is 11.3 Å². The van der Waals surface area contributed by atoms with Crippen LogP contribution in [0.3, 0.4) is 0 Å². The van der Waals surface area contributed by atoms with Gasteiger partial charge in [0.1, 0.15) is 11.5 Å². The summed E-state index contributed by atoms with van der Waals surface area (Å²) in [6, 6.07) is 12.8. The zero-order chi connectivity index (χ0) is 14.5. The average Bonchev–Trinajstić information content (AvgIpc) is 2.43. The van der Waals surface area contributed by atoms with Crippen molar-refractivity contribution in [1.82, 2.24) is 5.32 Å². The molecule has 1 amide bonds. The molecule has 0 saturated carbocycles. The molecule has 2 aromatic rings. The van der Waals surface area contributed by atoms with Crippen molar-refractivity contribution in [2.24, 2.45) is 5.73 Å². The van der Waals surface area contributed by atoms with Crippen LogP contribution in [0.1, 0.15) is 15.9 Å². The summed E-state index contributed by atoms with van der Waals surface area (Å²) in [6.07, 6.45) is 0. The van der Waals surface area contributed by atoms with Gasteiger partial charge in [-0.15, -0.1) is 0 Å². The molecule has 2 rings (SSSR count). The van der Waals surface area contributed by atoms with E-state index in [1.807, 2.05) is 31.3 Å². The number of para-hydroxylation sites is 1. The number of nitrogens with one attached hydrogen (secondary N) is 1. The van der Waals surface area contributed by atoms with Gasteiger partial charge in [0, 0.05) is 17.7 Å². The van der Waals surface area contributed by atoms with Crippen molar-refractivity contribution in [2.45, 2.75) is 6.54 Å². The minimum absolute atomic E-state index is 0.438. The molecule has 0 spiro atoms. The first kappa shape index (κ1) is 14.6. The van der Waals surface area contributed by atoms with Crippen LogP contribution < -0.4 is 15.8 Å². The Bertz CT molecular complexity index is 629. The molecule has 0 aliphatic carbocycles. The van der Waals surface area contributed by atoms with Crippen molar-refractivity contribution in [3.8, 4) is 11.5 Å². The van der Waals surface area contributed by atoms with Gasteiger partial charge in [0.2, 0.25) is 5.91 Å². The summed E-state index contributed by atoms with van der Waals surface area (Å²) in [6.45, 7) is 0.715. The van der Waals surface area contributed by atoms with E-state index >= 15 is 0 Å². The highest BCUT2D eigenvalue weighted by atomic mass is 79.9. The van der Waals surface area contributed by atoms with Gasteiger partial charge in [0.05, 0.1) is 4.47 Å². The largest absolute Gasteiger partial charge is 0.456 e. The number of hydrogen-bond acceptors (Lipinski definition) is 3. The number of rotatable bonds is 5. The van der Waals surface area contributed by atoms with Crippen LogP contribution in [0.25, 0.3) is 0 Å². The molecule has 0 fully saturated rings. The highest BCUT2D eigenvalue weighted by Crippen LogP contribution is 2.32. The van der Waals surface area contributed by atoms with Gasteiger partial charge in [0.15, 0.2) is 0 Å². The number of carbonyl (C=O) groups is 1. The Balaban J connectivity index is 2.28. The molecule has 0 atom stereocenters. The van der Waals surface area contributed by atoms with Crippen LogP contribution in [0.2, 0.25) is 0 Å². The van der Waals surface area contributed by atoms with Crippen LogP contribution in [-0.2, 0) is 6.54 Å². The fourth-order valence-electron chi connectivity index (χ4n) is 1.80. The number of primary amides is 1. The Morgan fingerprint density at radius 3 is 2.65 bits per heavy atom. The predicted octanol–water partition coefficient (Wildman–Crippen LogP) is 3.06. The standard InChI is InChI=1S/C15H15BrN2O2/c1-18-9-11-4-2-3-5-13(11)20-14-7-6-10(15(17)19)8-12(14)16/h2-8,18H,9H2,1H3,(H2,17,19). The second-order valence-corrected chi connectivity index (χ2v) is 5.10. The number of amides is 1. The summed E-state index contributed by atoms with van der Waals surface area (Å²) in [4.78, 5) is 11.1. The number of halogens is 1. The van der Waals surface area contributed by atoms with Gasteiger partial charge in [-0.3, -0.25) is 4.79 Å². The lowest BCUT2D eigenvalue weighted by Crippen LogP contribution is -2.10. The molecular weight excluding hydrogens is 320 g/mol. The minimum atomic E-state index is -0.465. The van der Waals surface area contributed by atoms with Crippen LogP contribution in [0.15, 0.2) is 46.9 Å². The lowest BCUT2D eigenvalue weighted by molar-refractivity contribution is 0.1000. The van der Waals surface area contributed by atoms with Crippen molar-refractivity contribution in [3.63, 3.8) is 0 Å². The van der Waals surface area contributed by atoms with E-state index in [1.54, 1.807) is 18.2 Å². The summed E-state index contributed by atoms with van der Waals surface area (Å²) in [5.41, 5.74) is 6.73. The molecule has 0 bridgehead atoms. The molecule has 0 unspecified atom stereocenters. The topological polar surface area (TPSA) is 64.3 Å². The molecule has 0 radical (unpaired) electrons. The molecule has 0 saturated heterocycles. The maximum Gasteiger partial charge on any atom is 0.248 e. The Morgan fingerprint density at radius 1 is 1.25 bits per heavy atom. The van der Waals surface area contributed by atoms with Crippen LogP contribution >= 0.6 is 15.9 Å². The average molecular weight is 335 g/mol. The van der Waals surface area contributed by atoms with Crippen LogP contribution in [0.4, 0.5) is 0 Å². The molecular formula is C15H15BrN2O2. The molecule has 0 heterocycles. The zero-order valence-corrected chi connectivity index (χ0v) is 12.6. The summed E-state index contributed by atoms with van der Waals surface area (Å²) < 4.78 is 6.58. The Kier molecular flexibility index (Phi) is 4.76. The van der Waals surface area contributed by atoms with Gasteiger partial charge in [0.25, 0.3) is 0 Å². The van der Waals surface area contributed by atoms with Gasteiger partial charge in [-0.25, -0.2) is 0 Å².